The van der Waals surface area contributed by atoms with Crippen molar-refractivity contribution in [2.45, 2.75) is 24.7 Å². The largest absolute Gasteiger partial charge is 0.284 e. The number of H-pyrrole nitrogens is 1. The van der Waals surface area contributed by atoms with Crippen LogP contribution in [0, 0.1) is 5.92 Å². The van der Waals surface area contributed by atoms with Crippen LogP contribution >= 0.6 is 0 Å². The maximum absolute atomic E-state index is 12.0. The van der Waals surface area contributed by atoms with Crippen molar-refractivity contribution in [3.63, 3.8) is 0 Å². The van der Waals surface area contributed by atoms with Gasteiger partial charge >= 0.3 is 0 Å². The molecule has 1 aliphatic rings. The molecule has 0 bridgehead atoms. The van der Waals surface area contributed by atoms with Gasteiger partial charge in [0.2, 0.25) is 10.0 Å². The van der Waals surface area contributed by atoms with Gasteiger partial charge in [0, 0.05) is 19.3 Å². The summed E-state index contributed by atoms with van der Waals surface area (Å²) in [7, 11) is -3.30. The highest BCUT2D eigenvalue weighted by atomic mass is 32.2. The third-order valence-corrected chi connectivity index (χ3v) is 4.77. The summed E-state index contributed by atoms with van der Waals surface area (Å²) in [5.74, 6) is 0.506. The average molecular weight is 229 g/mol. The van der Waals surface area contributed by atoms with Crippen LogP contribution in [-0.4, -0.2) is 36.0 Å². The number of rotatable bonds is 3. The van der Waals surface area contributed by atoms with Gasteiger partial charge in [-0.25, -0.2) is 8.42 Å². The van der Waals surface area contributed by atoms with Crippen LogP contribution in [0.4, 0.5) is 0 Å². The zero-order valence-electron chi connectivity index (χ0n) is 8.68. The maximum Gasteiger partial charge on any atom is 0.246 e. The first kappa shape index (κ1) is 10.6. The van der Waals surface area contributed by atoms with Crippen molar-refractivity contribution in [1.82, 2.24) is 14.5 Å². The molecule has 6 heteroatoms. The van der Waals surface area contributed by atoms with Crippen LogP contribution in [0.15, 0.2) is 17.3 Å². The minimum Gasteiger partial charge on any atom is -0.284 e. The average Bonchev–Trinajstić information content (AvgIpc) is 2.89. The van der Waals surface area contributed by atoms with Crippen molar-refractivity contribution in [3.8, 4) is 0 Å². The Balaban J connectivity index is 2.18. The van der Waals surface area contributed by atoms with Crippen LogP contribution in [0.1, 0.15) is 19.8 Å². The van der Waals surface area contributed by atoms with E-state index in [1.165, 1.54) is 12.4 Å². The van der Waals surface area contributed by atoms with Crippen LogP contribution in [0.5, 0.6) is 0 Å². The zero-order valence-corrected chi connectivity index (χ0v) is 9.50. The molecule has 15 heavy (non-hydrogen) atoms. The van der Waals surface area contributed by atoms with Gasteiger partial charge in [0.25, 0.3) is 0 Å². The number of nitrogens with one attached hydrogen (secondary N) is 1. The molecule has 84 valence electrons. The van der Waals surface area contributed by atoms with Crippen molar-refractivity contribution >= 4 is 10.0 Å². The van der Waals surface area contributed by atoms with Gasteiger partial charge < -0.3 is 0 Å². The molecular weight excluding hydrogens is 214 g/mol. The molecule has 1 fully saturated rings. The highest BCUT2D eigenvalue weighted by Crippen LogP contribution is 2.25. The SMILES string of the molecule is CCC1CCN(S(=O)(=O)c2cn[nH]c2)C1. The summed E-state index contributed by atoms with van der Waals surface area (Å²) < 4.78 is 25.6. The van der Waals surface area contributed by atoms with Gasteiger partial charge in [0.1, 0.15) is 4.90 Å². The van der Waals surface area contributed by atoms with Crippen LogP contribution in [-0.2, 0) is 10.0 Å². The smallest absolute Gasteiger partial charge is 0.246 e. The van der Waals surface area contributed by atoms with Crippen LogP contribution in [0.3, 0.4) is 0 Å². The second-order valence-electron chi connectivity index (χ2n) is 3.86. The summed E-state index contributed by atoms with van der Waals surface area (Å²) in [6.07, 6.45) is 4.79. The van der Waals surface area contributed by atoms with Crippen molar-refractivity contribution in [2.24, 2.45) is 5.92 Å². The fraction of sp³-hybridized carbons (Fsp3) is 0.667. The number of hydrogen-bond donors (Lipinski definition) is 1. The number of nitrogens with zero attached hydrogens (tertiary/aromatic N) is 2. The highest BCUT2D eigenvalue weighted by Gasteiger charge is 2.32. The normalized spacial score (nSPS) is 23.4. The van der Waals surface area contributed by atoms with Gasteiger partial charge in [0.15, 0.2) is 0 Å². The number of aromatic amines is 1. The summed E-state index contributed by atoms with van der Waals surface area (Å²) in [6, 6.07) is 0. The van der Waals surface area contributed by atoms with E-state index in [-0.39, 0.29) is 4.90 Å². The first-order valence-electron chi connectivity index (χ1n) is 5.13. The predicted molar refractivity (Wildman–Crippen MR) is 55.7 cm³/mol. The molecule has 1 N–H and O–H groups in total. The van der Waals surface area contributed by atoms with E-state index in [1.807, 2.05) is 0 Å². The lowest BCUT2D eigenvalue weighted by Crippen LogP contribution is -2.28. The second kappa shape index (κ2) is 3.94. The molecule has 2 rings (SSSR count). The fourth-order valence-corrected chi connectivity index (χ4v) is 3.32. The summed E-state index contributed by atoms with van der Waals surface area (Å²) in [5, 5.41) is 6.20. The van der Waals surface area contributed by atoms with Crippen LogP contribution in [0.25, 0.3) is 0 Å². The fourth-order valence-electron chi connectivity index (χ4n) is 1.88. The Labute approximate surface area is 89.5 Å². The molecule has 1 atom stereocenters. The Kier molecular flexibility index (Phi) is 2.79. The quantitative estimate of drug-likeness (QED) is 0.835. The Morgan fingerprint density at radius 1 is 1.67 bits per heavy atom. The lowest BCUT2D eigenvalue weighted by atomic mass is 10.1. The molecular formula is C9H15N3O2S. The topological polar surface area (TPSA) is 66.1 Å². The van der Waals surface area contributed by atoms with Crippen molar-refractivity contribution in [2.75, 3.05) is 13.1 Å². The van der Waals surface area contributed by atoms with E-state index in [2.05, 4.69) is 17.1 Å². The van der Waals surface area contributed by atoms with Gasteiger partial charge in [-0.1, -0.05) is 13.3 Å². The van der Waals surface area contributed by atoms with Gasteiger partial charge in [-0.05, 0) is 12.3 Å². The molecule has 1 aromatic heterocycles. The third kappa shape index (κ3) is 1.91. The minimum absolute atomic E-state index is 0.263. The Hall–Kier alpha value is -0.880. The molecule has 1 aliphatic heterocycles. The molecule has 0 saturated carbocycles. The van der Waals surface area contributed by atoms with Crippen LogP contribution < -0.4 is 0 Å². The van der Waals surface area contributed by atoms with Crippen LogP contribution in [0.2, 0.25) is 0 Å². The number of sulfonamides is 1. The zero-order chi connectivity index (χ0) is 10.9. The molecule has 0 spiro atoms. The standard InChI is InChI=1S/C9H15N3O2S/c1-2-8-3-4-12(7-8)15(13,14)9-5-10-11-6-9/h5-6,8H,2-4,7H2,1H3,(H,10,11). The van der Waals surface area contributed by atoms with Gasteiger partial charge in [-0.2, -0.15) is 9.40 Å². The van der Waals surface area contributed by atoms with Gasteiger partial charge in [-0.15, -0.1) is 0 Å². The molecule has 0 amide bonds. The van der Waals surface area contributed by atoms with Crippen molar-refractivity contribution in [3.05, 3.63) is 12.4 Å². The van der Waals surface area contributed by atoms with E-state index in [4.69, 9.17) is 0 Å². The first-order valence-corrected chi connectivity index (χ1v) is 6.57. The lowest BCUT2D eigenvalue weighted by molar-refractivity contribution is 0.453. The number of aromatic nitrogens is 2. The summed E-state index contributed by atoms with van der Waals surface area (Å²) in [5.41, 5.74) is 0. The van der Waals surface area contributed by atoms with Crippen molar-refractivity contribution in [1.29, 1.82) is 0 Å². The monoisotopic (exact) mass is 229 g/mol. The van der Waals surface area contributed by atoms with E-state index in [0.29, 0.717) is 19.0 Å². The first-order chi connectivity index (χ1) is 7.14. The third-order valence-electron chi connectivity index (χ3n) is 2.94. The highest BCUT2D eigenvalue weighted by molar-refractivity contribution is 7.89. The van der Waals surface area contributed by atoms with E-state index < -0.39 is 10.0 Å². The molecule has 5 nitrogen and oxygen atoms in total. The lowest BCUT2D eigenvalue weighted by Gasteiger charge is -2.14. The number of hydrogen-bond acceptors (Lipinski definition) is 3. The Morgan fingerprint density at radius 2 is 2.47 bits per heavy atom. The minimum atomic E-state index is -3.30. The molecule has 2 heterocycles. The summed E-state index contributed by atoms with van der Waals surface area (Å²) in [6.45, 7) is 3.37. The maximum atomic E-state index is 12.0. The summed E-state index contributed by atoms with van der Waals surface area (Å²) in [4.78, 5) is 0.263. The Morgan fingerprint density at radius 3 is 3.00 bits per heavy atom. The molecule has 1 saturated heterocycles. The molecule has 0 aliphatic carbocycles. The summed E-state index contributed by atoms with van der Waals surface area (Å²) >= 11 is 0. The van der Waals surface area contributed by atoms with Gasteiger partial charge in [0.05, 0.1) is 6.20 Å². The van der Waals surface area contributed by atoms with Gasteiger partial charge in [-0.3, -0.25) is 5.10 Å². The Bertz CT molecular complexity index is 413. The van der Waals surface area contributed by atoms with E-state index in [1.54, 1.807) is 4.31 Å². The predicted octanol–water partition coefficient (Wildman–Crippen LogP) is 0.830. The molecule has 1 unspecified atom stereocenters. The van der Waals surface area contributed by atoms with Crippen molar-refractivity contribution < 1.29 is 8.42 Å². The van der Waals surface area contributed by atoms with E-state index in [0.717, 1.165) is 12.8 Å². The molecule has 0 aromatic carbocycles. The van der Waals surface area contributed by atoms with E-state index in [9.17, 15) is 8.42 Å². The molecule has 0 radical (unpaired) electrons. The second-order valence-corrected chi connectivity index (χ2v) is 5.80. The van der Waals surface area contributed by atoms with E-state index >= 15 is 0 Å². The molecule has 1 aromatic rings.